The van der Waals surface area contributed by atoms with Gasteiger partial charge in [0.1, 0.15) is 0 Å². The maximum atomic E-state index is 11.6. The van der Waals surface area contributed by atoms with Gasteiger partial charge < -0.3 is 10.3 Å². The van der Waals surface area contributed by atoms with Crippen LogP contribution in [0.5, 0.6) is 0 Å². The van der Waals surface area contributed by atoms with Crippen LogP contribution in [0.2, 0.25) is 0 Å². The van der Waals surface area contributed by atoms with Crippen LogP contribution in [0.4, 0.5) is 0 Å². The second kappa shape index (κ2) is 5.73. The van der Waals surface area contributed by atoms with E-state index in [0.717, 1.165) is 11.1 Å². The van der Waals surface area contributed by atoms with E-state index in [1.165, 1.54) is 9.69 Å². The van der Waals surface area contributed by atoms with Gasteiger partial charge >= 0.3 is 0 Å². The van der Waals surface area contributed by atoms with Gasteiger partial charge in [0, 0.05) is 38.9 Å². The van der Waals surface area contributed by atoms with Crippen molar-refractivity contribution in [2.75, 3.05) is 26.4 Å². The molecule has 0 saturated carbocycles. The molecule has 2 aromatic rings. The van der Waals surface area contributed by atoms with Crippen molar-refractivity contribution in [3.63, 3.8) is 0 Å². The number of hydrogen-bond donors (Lipinski definition) is 2. The molecule has 104 valence electrons. The molecule has 0 radical (unpaired) electrons. The Hall–Kier alpha value is -1.37. The Morgan fingerprint density at radius 2 is 2.05 bits per heavy atom. The first-order valence-corrected chi connectivity index (χ1v) is 7.77. The Bertz CT molecular complexity index is 647. The van der Waals surface area contributed by atoms with Crippen molar-refractivity contribution in [1.82, 2.24) is 14.6 Å². The van der Waals surface area contributed by atoms with E-state index in [1.54, 1.807) is 14.1 Å². The lowest BCUT2D eigenvalue weighted by Gasteiger charge is -2.11. The van der Waals surface area contributed by atoms with Crippen LogP contribution in [0.1, 0.15) is 5.56 Å². The first kappa shape index (κ1) is 14.0. The smallest absolute Gasteiger partial charge is 0.214 e. The highest BCUT2D eigenvalue weighted by Crippen LogP contribution is 2.13. The lowest BCUT2D eigenvalue weighted by atomic mass is 10.1. The van der Waals surface area contributed by atoms with Crippen LogP contribution in [0, 0.1) is 0 Å². The third-order valence-electron chi connectivity index (χ3n) is 3.04. The Labute approximate surface area is 113 Å². The van der Waals surface area contributed by atoms with Gasteiger partial charge in [0.15, 0.2) is 0 Å². The van der Waals surface area contributed by atoms with Crippen molar-refractivity contribution in [2.45, 2.75) is 6.54 Å². The summed E-state index contributed by atoms with van der Waals surface area (Å²) in [7, 11) is -0.0110. The highest BCUT2D eigenvalue weighted by Gasteiger charge is 2.12. The monoisotopic (exact) mass is 281 g/mol. The zero-order valence-electron chi connectivity index (χ0n) is 11.2. The summed E-state index contributed by atoms with van der Waals surface area (Å²) in [6.45, 7) is 1.12. The molecule has 1 aromatic carbocycles. The summed E-state index contributed by atoms with van der Waals surface area (Å²) in [5, 5.41) is 4.32. The molecule has 0 unspecified atom stereocenters. The molecule has 0 fully saturated rings. The highest BCUT2D eigenvalue weighted by atomic mass is 32.2. The molecular weight excluding hydrogens is 262 g/mol. The molecule has 0 saturated heterocycles. The molecular formula is C13H19N3O2S. The van der Waals surface area contributed by atoms with Gasteiger partial charge in [0.2, 0.25) is 10.0 Å². The van der Waals surface area contributed by atoms with E-state index in [0.29, 0.717) is 13.1 Å². The van der Waals surface area contributed by atoms with Gasteiger partial charge in [0.05, 0.1) is 5.75 Å². The van der Waals surface area contributed by atoms with Crippen molar-refractivity contribution in [3.8, 4) is 0 Å². The highest BCUT2D eigenvalue weighted by molar-refractivity contribution is 7.89. The van der Waals surface area contributed by atoms with Crippen molar-refractivity contribution in [3.05, 3.63) is 36.0 Å². The number of nitrogens with zero attached hydrogens (tertiary/aromatic N) is 1. The van der Waals surface area contributed by atoms with E-state index < -0.39 is 10.0 Å². The van der Waals surface area contributed by atoms with Crippen LogP contribution >= 0.6 is 0 Å². The Kier molecular flexibility index (Phi) is 4.24. The van der Waals surface area contributed by atoms with Crippen molar-refractivity contribution >= 4 is 20.9 Å². The lowest BCUT2D eigenvalue weighted by Crippen LogP contribution is -2.30. The number of hydrogen-bond acceptors (Lipinski definition) is 3. The van der Waals surface area contributed by atoms with Gasteiger partial charge in [-0.2, -0.15) is 0 Å². The Balaban J connectivity index is 1.86. The van der Waals surface area contributed by atoms with E-state index in [9.17, 15) is 8.42 Å². The molecule has 6 heteroatoms. The molecule has 0 atom stereocenters. The molecule has 0 bridgehead atoms. The van der Waals surface area contributed by atoms with Gasteiger partial charge in [-0.15, -0.1) is 0 Å². The van der Waals surface area contributed by atoms with Crippen molar-refractivity contribution < 1.29 is 8.42 Å². The zero-order valence-corrected chi connectivity index (χ0v) is 12.0. The van der Waals surface area contributed by atoms with Gasteiger partial charge in [-0.1, -0.05) is 6.07 Å². The third-order valence-corrected chi connectivity index (χ3v) is 4.87. The minimum absolute atomic E-state index is 0.117. The summed E-state index contributed by atoms with van der Waals surface area (Å²) in [4.78, 5) is 3.14. The minimum atomic E-state index is -3.11. The number of aromatic amines is 1. The maximum absolute atomic E-state index is 11.6. The summed E-state index contributed by atoms with van der Waals surface area (Å²) in [6.07, 6.45) is 1.91. The second-order valence-electron chi connectivity index (χ2n) is 4.67. The molecule has 0 aliphatic heterocycles. The minimum Gasteiger partial charge on any atom is -0.361 e. The quantitative estimate of drug-likeness (QED) is 0.781. The third kappa shape index (κ3) is 3.56. The average Bonchev–Trinajstić information content (AvgIpc) is 2.81. The normalized spacial score (nSPS) is 12.4. The summed E-state index contributed by atoms with van der Waals surface area (Å²) in [5.74, 6) is 0.117. The van der Waals surface area contributed by atoms with Crippen molar-refractivity contribution in [2.24, 2.45) is 0 Å². The number of H-pyrrole nitrogens is 1. The topological polar surface area (TPSA) is 65.2 Å². The first-order valence-electron chi connectivity index (χ1n) is 6.16. The van der Waals surface area contributed by atoms with Crippen LogP contribution in [0.3, 0.4) is 0 Å². The molecule has 0 aliphatic carbocycles. The standard InChI is InChI=1S/C13H19N3O2S/c1-16(2)19(17,18)8-7-14-10-11-3-4-13-12(9-11)5-6-15-13/h3-6,9,14-15H,7-8,10H2,1-2H3. The number of nitrogens with one attached hydrogen (secondary N) is 2. The Morgan fingerprint density at radius 3 is 2.79 bits per heavy atom. The van der Waals surface area contributed by atoms with Crippen LogP contribution in [0.25, 0.3) is 10.9 Å². The molecule has 0 spiro atoms. The summed E-state index contributed by atoms with van der Waals surface area (Å²) in [5.41, 5.74) is 2.26. The number of benzene rings is 1. The molecule has 5 nitrogen and oxygen atoms in total. The second-order valence-corrected chi connectivity index (χ2v) is 6.98. The number of aromatic nitrogens is 1. The predicted octanol–water partition coefficient (Wildman–Crippen LogP) is 1.15. The summed E-state index contributed by atoms with van der Waals surface area (Å²) < 4.78 is 24.4. The van der Waals surface area contributed by atoms with Gasteiger partial charge in [-0.3, -0.25) is 0 Å². The van der Waals surface area contributed by atoms with E-state index >= 15 is 0 Å². The van der Waals surface area contributed by atoms with Crippen LogP contribution in [0.15, 0.2) is 30.5 Å². The molecule has 1 heterocycles. The van der Waals surface area contributed by atoms with Gasteiger partial charge in [0.25, 0.3) is 0 Å². The fourth-order valence-corrected chi connectivity index (χ4v) is 2.60. The molecule has 19 heavy (non-hydrogen) atoms. The van der Waals surface area contributed by atoms with Crippen LogP contribution in [-0.2, 0) is 16.6 Å². The fourth-order valence-electron chi connectivity index (χ4n) is 1.83. The predicted molar refractivity (Wildman–Crippen MR) is 77.5 cm³/mol. The number of fused-ring (bicyclic) bond motifs is 1. The average molecular weight is 281 g/mol. The molecule has 2 rings (SSSR count). The molecule has 2 N–H and O–H groups in total. The largest absolute Gasteiger partial charge is 0.361 e. The zero-order chi connectivity index (χ0) is 13.9. The molecule has 1 aromatic heterocycles. The van der Waals surface area contributed by atoms with Gasteiger partial charge in [-0.25, -0.2) is 12.7 Å². The van der Waals surface area contributed by atoms with E-state index in [4.69, 9.17) is 0 Å². The van der Waals surface area contributed by atoms with Gasteiger partial charge in [-0.05, 0) is 29.1 Å². The SMILES string of the molecule is CN(C)S(=O)(=O)CCNCc1ccc2[nH]ccc2c1. The van der Waals surface area contributed by atoms with Crippen molar-refractivity contribution in [1.29, 1.82) is 0 Å². The summed E-state index contributed by atoms with van der Waals surface area (Å²) in [6, 6.07) is 8.18. The molecule has 0 amide bonds. The lowest BCUT2D eigenvalue weighted by molar-refractivity contribution is 0.517. The van der Waals surface area contributed by atoms with Crippen LogP contribution < -0.4 is 5.32 Å². The van der Waals surface area contributed by atoms with Crippen LogP contribution in [-0.4, -0.2) is 44.1 Å². The van der Waals surface area contributed by atoms with E-state index in [2.05, 4.69) is 16.4 Å². The number of rotatable bonds is 6. The Morgan fingerprint density at radius 1 is 1.26 bits per heavy atom. The summed E-state index contributed by atoms with van der Waals surface area (Å²) >= 11 is 0. The first-order chi connectivity index (χ1) is 8.99. The fraction of sp³-hybridized carbons (Fsp3) is 0.385. The maximum Gasteiger partial charge on any atom is 0.214 e. The van der Waals surface area contributed by atoms with E-state index in [-0.39, 0.29) is 5.75 Å². The molecule has 0 aliphatic rings. The number of sulfonamides is 1. The van der Waals surface area contributed by atoms with E-state index in [1.807, 2.05) is 24.4 Å².